The zero-order valence-corrected chi connectivity index (χ0v) is 15.2. The van der Waals surface area contributed by atoms with Gasteiger partial charge in [-0.1, -0.05) is 25.5 Å². The lowest BCUT2D eigenvalue weighted by Gasteiger charge is -2.25. The van der Waals surface area contributed by atoms with Crippen LogP contribution in [0.4, 0.5) is 0 Å². The van der Waals surface area contributed by atoms with E-state index in [9.17, 15) is 5.11 Å². The Morgan fingerprint density at radius 1 is 0.909 bits per heavy atom. The normalized spacial score (nSPS) is 22.0. The van der Waals surface area contributed by atoms with Gasteiger partial charge in [0.15, 0.2) is 0 Å². The van der Waals surface area contributed by atoms with Gasteiger partial charge in [0.2, 0.25) is 0 Å². The lowest BCUT2D eigenvalue weighted by atomic mass is 10.1. The standard InChI is InChI=1S/C18H35N3O/c1-6-16(3)14-17(18(22)7-2)15-21-12-10-19(4)8-9-20(5)11-13-21/h14,22H,6-13,15H2,1-5H3/b16-14+,18-17-. The van der Waals surface area contributed by atoms with Crippen molar-refractivity contribution >= 4 is 0 Å². The molecular formula is C18H35N3O. The fourth-order valence-corrected chi connectivity index (χ4v) is 2.55. The fourth-order valence-electron chi connectivity index (χ4n) is 2.55. The van der Waals surface area contributed by atoms with Crippen molar-refractivity contribution in [2.75, 3.05) is 59.9 Å². The largest absolute Gasteiger partial charge is 0.512 e. The van der Waals surface area contributed by atoms with Gasteiger partial charge < -0.3 is 14.9 Å². The van der Waals surface area contributed by atoms with Crippen LogP contribution in [0.15, 0.2) is 23.0 Å². The van der Waals surface area contributed by atoms with E-state index in [4.69, 9.17) is 0 Å². The molecule has 0 aromatic rings. The molecule has 0 aliphatic carbocycles. The number of aliphatic hydroxyl groups is 1. The van der Waals surface area contributed by atoms with E-state index in [1.807, 2.05) is 6.92 Å². The van der Waals surface area contributed by atoms with E-state index < -0.39 is 0 Å². The molecule has 1 aliphatic heterocycles. The topological polar surface area (TPSA) is 30.0 Å². The van der Waals surface area contributed by atoms with Gasteiger partial charge in [0, 0.05) is 57.8 Å². The Bertz CT molecular complexity index is 376. The number of nitrogens with zero attached hydrogens (tertiary/aromatic N) is 3. The third-order valence-electron chi connectivity index (χ3n) is 4.54. The number of rotatable bonds is 5. The van der Waals surface area contributed by atoms with Gasteiger partial charge in [-0.15, -0.1) is 0 Å². The maximum absolute atomic E-state index is 10.3. The minimum atomic E-state index is 0.536. The Balaban J connectivity index is 2.81. The van der Waals surface area contributed by atoms with Crippen LogP contribution >= 0.6 is 0 Å². The van der Waals surface area contributed by atoms with E-state index in [1.54, 1.807) is 0 Å². The Morgan fingerprint density at radius 2 is 1.41 bits per heavy atom. The molecule has 1 aliphatic rings. The number of allylic oxidation sites excluding steroid dienone is 2. The molecule has 0 spiro atoms. The molecule has 22 heavy (non-hydrogen) atoms. The molecule has 4 nitrogen and oxygen atoms in total. The van der Waals surface area contributed by atoms with Gasteiger partial charge in [-0.3, -0.25) is 4.90 Å². The molecule has 0 aromatic carbocycles. The third kappa shape index (κ3) is 6.95. The van der Waals surface area contributed by atoms with Gasteiger partial charge in [-0.2, -0.15) is 0 Å². The van der Waals surface area contributed by atoms with E-state index in [2.05, 4.69) is 48.7 Å². The van der Waals surface area contributed by atoms with Gasteiger partial charge in [-0.25, -0.2) is 0 Å². The Kier molecular flexibility index (Phi) is 8.76. The van der Waals surface area contributed by atoms with Crippen LogP contribution in [0.1, 0.15) is 33.6 Å². The Labute approximate surface area is 137 Å². The highest BCUT2D eigenvalue weighted by Gasteiger charge is 2.14. The first-order valence-electron chi connectivity index (χ1n) is 8.63. The SMILES string of the molecule is CC/C(O)=C(\C=C(/C)CC)CN1CCN(C)CCN(C)CC1. The maximum Gasteiger partial charge on any atom is 0.0964 e. The summed E-state index contributed by atoms with van der Waals surface area (Å²) in [6, 6.07) is 0. The van der Waals surface area contributed by atoms with E-state index >= 15 is 0 Å². The lowest BCUT2D eigenvalue weighted by molar-refractivity contribution is 0.248. The number of hydrogen-bond acceptors (Lipinski definition) is 4. The summed E-state index contributed by atoms with van der Waals surface area (Å²) in [4.78, 5) is 7.26. The van der Waals surface area contributed by atoms with Crippen LogP contribution in [0.25, 0.3) is 0 Å². The second kappa shape index (κ2) is 10.0. The van der Waals surface area contributed by atoms with Gasteiger partial charge in [0.05, 0.1) is 5.76 Å². The fraction of sp³-hybridized carbons (Fsp3) is 0.778. The van der Waals surface area contributed by atoms with Crippen LogP contribution in [0.2, 0.25) is 0 Å². The molecule has 0 aromatic heterocycles. The van der Waals surface area contributed by atoms with Crippen molar-refractivity contribution in [1.82, 2.24) is 14.7 Å². The summed E-state index contributed by atoms with van der Waals surface area (Å²) in [7, 11) is 4.39. The van der Waals surface area contributed by atoms with Crippen LogP contribution < -0.4 is 0 Å². The monoisotopic (exact) mass is 309 g/mol. The number of likely N-dealkylation sites (N-methyl/N-ethyl adjacent to an activating group) is 2. The summed E-state index contributed by atoms with van der Waals surface area (Å²) in [5.74, 6) is 0.536. The van der Waals surface area contributed by atoms with Crippen molar-refractivity contribution in [2.45, 2.75) is 33.6 Å². The van der Waals surface area contributed by atoms with Crippen molar-refractivity contribution in [2.24, 2.45) is 0 Å². The summed E-state index contributed by atoms with van der Waals surface area (Å²) < 4.78 is 0. The summed E-state index contributed by atoms with van der Waals surface area (Å²) >= 11 is 0. The smallest absolute Gasteiger partial charge is 0.0964 e. The van der Waals surface area contributed by atoms with Gasteiger partial charge in [0.25, 0.3) is 0 Å². The van der Waals surface area contributed by atoms with Crippen molar-refractivity contribution in [3.63, 3.8) is 0 Å². The molecule has 0 radical (unpaired) electrons. The highest BCUT2D eigenvalue weighted by molar-refractivity contribution is 5.26. The molecule has 0 atom stereocenters. The van der Waals surface area contributed by atoms with Crippen LogP contribution in [0.3, 0.4) is 0 Å². The van der Waals surface area contributed by atoms with E-state index in [0.717, 1.165) is 57.8 Å². The molecule has 128 valence electrons. The highest BCUT2D eigenvalue weighted by Crippen LogP contribution is 2.14. The molecule has 1 saturated heterocycles. The average Bonchev–Trinajstić information content (AvgIpc) is 2.59. The van der Waals surface area contributed by atoms with Crippen LogP contribution in [-0.4, -0.2) is 79.7 Å². The molecule has 0 saturated carbocycles. The zero-order chi connectivity index (χ0) is 16.5. The van der Waals surface area contributed by atoms with Crippen molar-refractivity contribution in [3.8, 4) is 0 Å². The van der Waals surface area contributed by atoms with Crippen LogP contribution in [0.5, 0.6) is 0 Å². The van der Waals surface area contributed by atoms with E-state index in [0.29, 0.717) is 12.2 Å². The molecule has 1 rings (SSSR count). The Hall–Kier alpha value is -0.840. The third-order valence-corrected chi connectivity index (χ3v) is 4.54. The maximum atomic E-state index is 10.3. The van der Waals surface area contributed by atoms with E-state index in [1.165, 1.54) is 5.57 Å². The molecule has 4 heteroatoms. The second-order valence-electron chi connectivity index (χ2n) is 6.55. The predicted molar refractivity (Wildman–Crippen MR) is 95.4 cm³/mol. The Morgan fingerprint density at radius 3 is 1.86 bits per heavy atom. The minimum absolute atomic E-state index is 0.536. The van der Waals surface area contributed by atoms with Gasteiger partial charge >= 0.3 is 0 Å². The highest BCUT2D eigenvalue weighted by atomic mass is 16.3. The quantitative estimate of drug-likeness (QED) is 0.625. The molecule has 0 unspecified atom stereocenters. The average molecular weight is 309 g/mol. The summed E-state index contributed by atoms with van der Waals surface area (Å²) in [5, 5.41) is 10.3. The lowest BCUT2D eigenvalue weighted by Crippen LogP contribution is -2.36. The zero-order valence-electron chi connectivity index (χ0n) is 15.2. The number of aliphatic hydroxyl groups excluding tert-OH is 1. The van der Waals surface area contributed by atoms with Gasteiger partial charge in [0.1, 0.15) is 0 Å². The first-order chi connectivity index (χ1) is 10.5. The van der Waals surface area contributed by atoms with Crippen LogP contribution in [-0.2, 0) is 0 Å². The molecule has 1 N–H and O–H groups in total. The summed E-state index contributed by atoms with van der Waals surface area (Å²) in [6.45, 7) is 13.7. The summed E-state index contributed by atoms with van der Waals surface area (Å²) in [5.41, 5.74) is 2.42. The second-order valence-corrected chi connectivity index (χ2v) is 6.55. The van der Waals surface area contributed by atoms with E-state index in [-0.39, 0.29) is 0 Å². The van der Waals surface area contributed by atoms with Crippen molar-refractivity contribution in [3.05, 3.63) is 23.0 Å². The predicted octanol–water partition coefficient (Wildman–Crippen LogP) is 2.74. The molecule has 0 amide bonds. The van der Waals surface area contributed by atoms with Crippen molar-refractivity contribution in [1.29, 1.82) is 0 Å². The first kappa shape index (κ1) is 19.2. The molecule has 0 bridgehead atoms. The van der Waals surface area contributed by atoms with Crippen LogP contribution in [0, 0.1) is 0 Å². The van der Waals surface area contributed by atoms with Gasteiger partial charge in [-0.05, 0) is 27.4 Å². The number of hydrogen-bond donors (Lipinski definition) is 1. The molecule has 1 fully saturated rings. The molecular weight excluding hydrogens is 274 g/mol. The summed E-state index contributed by atoms with van der Waals surface area (Å²) in [6.07, 6.45) is 3.92. The first-order valence-corrected chi connectivity index (χ1v) is 8.63. The molecule has 1 heterocycles. The minimum Gasteiger partial charge on any atom is -0.512 e. The van der Waals surface area contributed by atoms with Crippen molar-refractivity contribution < 1.29 is 5.11 Å².